The zero-order valence-corrected chi connectivity index (χ0v) is 16.8. The molecule has 4 aromatic rings. The Hall–Kier alpha value is -3.33. The van der Waals surface area contributed by atoms with Gasteiger partial charge in [0, 0.05) is 24.0 Å². The number of nitrogens with zero attached hydrogens (tertiary/aromatic N) is 5. The number of aryl methyl sites for hydroxylation is 2. The van der Waals surface area contributed by atoms with E-state index in [-0.39, 0.29) is 24.3 Å². The molecule has 3 heterocycles. The van der Waals surface area contributed by atoms with Gasteiger partial charge >= 0.3 is 11.7 Å². The van der Waals surface area contributed by atoms with Crippen molar-refractivity contribution < 1.29 is 9.53 Å². The van der Waals surface area contributed by atoms with Crippen molar-refractivity contribution in [2.45, 2.75) is 20.0 Å². The molecule has 4 rings (SSSR count). The fourth-order valence-corrected chi connectivity index (χ4v) is 3.48. The van der Waals surface area contributed by atoms with Crippen LogP contribution in [0, 0.1) is 6.92 Å². The molecule has 3 aromatic heterocycles. The van der Waals surface area contributed by atoms with Crippen LogP contribution in [0.15, 0.2) is 40.1 Å². The fourth-order valence-electron chi connectivity index (χ4n) is 3.36. The van der Waals surface area contributed by atoms with E-state index in [0.29, 0.717) is 10.8 Å². The molecule has 29 heavy (non-hydrogen) atoms. The zero-order chi connectivity index (χ0) is 20.9. The third kappa shape index (κ3) is 3.03. The van der Waals surface area contributed by atoms with E-state index in [1.54, 1.807) is 53.4 Å². The monoisotopic (exact) mass is 415 g/mol. The topological polar surface area (TPSA) is 92.5 Å². The van der Waals surface area contributed by atoms with E-state index in [4.69, 9.17) is 16.3 Å². The molecule has 9 nitrogen and oxygen atoms in total. The van der Waals surface area contributed by atoms with E-state index in [9.17, 15) is 14.4 Å². The maximum absolute atomic E-state index is 13.2. The van der Waals surface area contributed by atoms with Gasteiger partial charge in [-0.3, -0.25) is 23.1 Å². The summed E-state index contributed by atoms with van der Waals surface area (Å²) in [6.45, 7) is 1.86. The predicted octanol–water partition coefficient (Wildman–Crippen LogP) is 1.33. The van der Waals surface area contributed by atoms with Gasteiger partial charge in [-0.25, -0.2) is 4.79 Å². The number of fused-ring (bicyclic) bond motifs is 3. The van der Waals surface area contributed by atoms with Gasteiger partial charge in [0.1, 0.15) is 6.54 Å². The van der Waals surface area contributed by atoms with Gasteiger partial charge in [0.15, 0.2) is 11.2 Å². The van der Waals surface area contributed by atoms with Gasteiger partial charge in [-0.15, -0.1) is 0 Å². The highest BCUT2D eigenvalue weighted by Gasteiger charge is 2.21. The summed E-state index contributed by atoms with van der Waals surface area (Å²) < 4.78 is 10.5. The Labute approximate surface area is 169 Å². The molecular weight excluding hydrogens is 398 g/mol. The third-order valence-corrected chi connectivity index (χ3v) is 5.16. The van der Waals surface area contributed by atoms with Crippen molar-refractivity contribution in [3.05, 3.63) is 67.6 Å². The van der Waals surface area contributed by atoms with Crippen LogP contribution in [0.3, 0.4) is 0 Å². The number of hydrogen-bond donors (Lipinski definition) is 0. The third-order valence-electron chi connectivity index (χ3n) is 4.91. The molecule has 0 radical (unpaired) electrons. The summed E-state index contributed by atoms with van der Waals surface area (Å²) in [5.41, 5.74) is 1.09. The second kappa shape index (κ2) is 6.93. The fraction of sp³-hybridized carbons (Fsp3) is 0.263. The SMILES string of the molecule is COC(=O)Cn1c(C)cn2c3c(=O)n(Cc4ccc(Cl)cc4)c(=O)n(C)c3nc12. The molecule has 0 fully saturated rings. The molecule has 0 amide bonds. The Morgan fingerprint density at radius 1 is 1.17 bits per heavy atom. The number of rotatable bonds is 4. The second-order valence-electron chi connectivity index (χ2n) is 6.75. The summed E-state index contributed by atoms with van der Waals surface area (Å²) >= 11 is 5.91. The average Bonchev–Trinajstić information content (AvgIpc) is 3.21. The summed E-state index contributed by atoms with van der Waals surface area (Å²) in [7, 11) is 2.87. The Bertz CT molecular complexity index is 1370. The number of benzene rings is 1. The second-order valence-corrected chi connectivity index (χ2v) is 7.18. The molecule has 0 atom stereocenters. The van der Waals surface area contributed by atoms with Crippen molar-refractivity contribution in [1.29, 1.82) is 0 Å². The van der Waals surface area contributed by atoms with Gasteiger partial charge in [-0.05, 0) is 24.6 Å². The molecule has 10 heteroatoms. The van der Waals surface area contributed by atoms with Crippen molar-refractivity contribution in [3.63, 3.8) is 0 Å². The molecule has 0 aliphatic carbocycles. The maximum atomic E-state index is 13.2. The summed E-state index contributed by atoms with van der Waals surface area (Å²) in [6.07, 6.45) is 1.71. The molecule has 0 aliphatic heterocycles. The smallest absolute Gasteiger partial charge is 0.332 e. The quantitative estimate of drug-likeness (QED) is 0.469. The van der Waals surface area contributed by atoms with Gasteiger partial charge in [0.05, 0.1) is 13.7 Å². The Kier molecular flexibility index (Phi) is 4.54. The van der Waals surface area contributed by atoms with Crippen LogP contribution in [0.25, 0.3) is 16.9 Å². The van der Waals surface area contributed by atoms with Crippen LogP contribution >= 0.6 is 11.6 Å². The standard InChI is InChI=1S/C19H18ClN5O4/c1-11-8-24-15-16(21-18(24)23(11)10-14(26)29-3)22(2)19(28)25(17(15)27)9-12-4-6-13(20)7-5-12/h4-8H,9-10H2,1-3H3. The number of ether oxygens (including phenoxy) is 1. The first-order valence-corrected chi connectivity index (χ1v) is 9.18. The molecule has 0 bridgehead atoms. The van der Waals surface area contributed by atoms with Crippen molar-refractivity contribution >= 4 is 34.5 Å². The first-order valence-electron chi connectivity index (χ1n) is 8.80. The molecule has 0 saturated carbocycles. The van der Waals surface area contributed by atoms with Gasteiger partial charge in [0.25, 0.3) is 5.56 Å². The van der Waals surface area contributed by atoms with Gasteiger partial charge in [-0.1, -0.05) is 23.7 Å². The lowest BCUT2D eigenvalue weighted by Gasteiger charge is -2.08. The summed E-state index contributed by atoms with van der Waals surface area (Å²) in [4.78, 5) is 42.2. The summed E-state index contributed by atoms with van der Waals surface area (Å²) in [5.74, 6) is -0.0495. The van der Waals surface area contributed by atoms with E-state index in [1.165, 1.54) is 11.7 Å². The number of carbonyl (C=O) groups is 1. The van der Waals surface area contributed by atoms with Crippen molar-refractivity contribution in [2.75, 3.05) is 7.11 Å². The molecular formula is C19H18ClN5O4. The van der Waals surface area contributed by atoms with Crippen LogP contribution in [0.4, 0.5) is 0 Å². The number of aromatic nitrogens is 5. The number of hydrogen-bond acceptors (Lipinski definition) is 5. The molecule has 0 saturated heterocycles. The van der Waals surface area contributed by atoms with Crippen LogP contribution in [-0.2, 0) is 29.7 Å². The first kappa shape index (κ1) is 19.0. The van der Waals surface area contributed by atoms with Crippen molar-refractivity contribution in [1.82, 2.24) is 23.1 Å². The highest BCUT2D eigenvalue weighted by molar-refractivity contribution is 6.30. The average molecular weight is 416 g/mol. The number of halogens is 1. The molecule has 0 unspecified atom stereocenters. The van der Waals surface area contributed by atoms with E-state index in [2.05, 4.69) is 4.98 Å². The molecule has 150 valence electrons. The molecule has 0 N–H and O–H groups in total. The Morgan fingerprint density at radius 2 is 1.86 bits per heavy atom. The van der Waals surface area contributed by atoms with Gasteiger partial charge in [-0.2, -0.15) is 4.98 Å². The maximum Gasteiger partial charge on any atom is 0.332 e. The lowest BCUT2D eigenvalue weighted by molar-refractivity contribution is -0.141. The number of esters is 1. The largest absolute Gasteiger partial charge is 0.468 e. The molecule has 1 aromatic carbocycles. The minimum atomic E-state index is -0.477. The van der Waals surface area contributed by atoms with E-state index >= 15 is 0 Å². The first-order chi connectivity index (χ1) is 13.8. The van der Waals surface area contributed by atoms with Crippen molar-refractivity contribution in [3.8, 4) is 0 Å². The van der Waals surface area contributed by atoms with Gasteiger partial charge < -0.3 is 9.30 Å². The summed E-state index contributed by atoms with van der Waals surface area (Å²) in [5, 5.41) is 0.573. The van der Waals surface area contributed by atoms with Crippen LogP contribution in [0.5, 0.6) is 0 Å². The predicted molar refractivity (Wildman–Crippen MR) is 107 cm³/mol. The van der Waals surface area contributed by atoms with Crippen LogP contribution in [0.1, 0.15) is 11.3 Å². The Balaban J connectivity index is 1.96. The van der Waals surface area contributed by atoms with Crippen molar-refractivity contribution in [2.24, 2.45) is 7.05 Å². The number of carbonyl (C=O) groups excluding carboxylic acids is 1. The highest BCUT2D eigenvalue weighted by atomic mass is 35.5. The van der Waals surface area contributed by atoms with E-state index in [0.717, 1.165) is 15.8 Å². The highest BCUT2D eigenvalue weighted by Crippen LogP contribution is 2.16. The van der Waals surface area contributed by atoms with Crippen LogP contribution in [-0.4, -0.2) is 36.2 Å². The molecule has 0 aliphatic rings. The lowest BCUT2D eigenvalue weighted by Crippen LogP contribution is -2.39. The van der Waals surface area contributed by atoms with E-state index in [1.807, 2.05) is 0 Å². The number of methoxy groups -OCH3 is 1. The lowest BCUT2D eigenvalue weighted by atomic mass is 10.2. The van der Waals surface area contributed by atoms with Crippen LogP contribution < -0.4 is 11.2 Å². The van der Waals surface area contributed by atoms with Gasteiger partial charge in [0.2, 0.25) is 5.78 Å². The number of imidazole rings is 2. The molecule has 0 spiro atoms. The normalized spacial score (nSPS) is 11.4. The van der Waals surface area contributed by atoms with Crippen LogP contribution in [0.2, 0.25) is 5.02 Å². The zero-order valence-electron chi connectivity index (χ0n) is 16.0. The minimum Gasteiger partial charge on any atom is -0.468 e. The minimum absolute atomic E-state index is 0.0466. The van der Waals surface area contributed by atoms with E-state index < -0.39 is 17.2 Å². The Morgan fingerprint density at radius 3 is 2.52 bits per heavy atom. The summed E-state index contributed by atoms with van der Waals surface area (Å²) in [6, 6.07) is 6.94.